The van der Waals surface area contributed by atoms with Gasteiger partial charge in [-0.2, -0.15) is 0 Å². The van der Waals surface area contributed by atoms with E-state index in [1.54, 1.807) is 16.9 Å². The van der Waals surface area contributed by atoms with Gasteiger partial charge in [0.25, 0.3) is 0 Å². The summed E-state index contributed by atoms with van der Waals surface area (Å²) in [4.78, 5) is 0. The molecule has 54 valence electrons. The van der Waals surface area contributed by atoms with Crippen LogP contribution in [0.2, 0.25) is 0 Å². The zero-order valence-corrected chi connectivity index (χ0v) is 10.9. The van der Waals surface area contributed by atoms with Crippen LogP contribution in [0.25, 0.3) is 0 Å². The van der Waals surface area contributed by atoms with Crippen molar-refractivity contribution < 1.29 is 0 Å². The minimum atomic E-state index is 1.14. The molecule has 0 aromatic heterocycles. The second-order valence-electron chi connectivity index (χ2n) is 1.98. The molecule has 0 fully saturated rings. The van der Waals surface area contributed by atoms with Crippen LogP contribution in [0, 0.1) is 0 Å². The van der Waals surface area contributed by atoms with Crippen LogP contribution in [-0.4, -0.2) is 16.9 Å². The summed E-state index contributed by atoms with van der Waals surface area (Å²) in [5.74, 6) is 0. The SMILES string of the molecule is [AsH2]Cc1cc(Br)cc(Br)c1. The van der Waals surface area contributed by atoms with Crippen LogP contribution in [0.15, 0.2) is 27.1 Å². The Kier molecular flexibility index (Phi) is 3.48. The summed E-state index contributed by atoms with van der Waals surface area (Å²) in [6, 6.07) is 6.34. The van der Waals surface area contributed by atoms with E-state index in [1.807, 2.05) is 6.07 Å². The maximum atomic E-state index is 3.43. The molecule has 0 saturated heterocycles. The molecule has 0 nitrogen and oxygen atoms in total. The number of hydrogen-bond donors (Lipinski definition) is 0. The van der Waals surface area contributed by atoms with Crippen molar-refractivity contribution >= 4 is 48.7 Å². The summed E-state index contributed by atoms with van der Waals surface area (Å²) < 4.78 is 2.30. The Morgan fingerprint density at radius 3 is 2.00 bits per heavy atom. The fraction of sp³-hybridized carbons (Fsp3) is 0.143. The van der Waals surface area contributed by atoms with E-state index in [4.69, 9.17) is 0 Å². The predicted octanol–water partition coefficient (Wildman–Crippen LogP) is 2.34. The summed E-state index contributed by atoms with van der Waals surface area (Å²) in [7, 11) is 0. The van der Waals surface area contributed by atoms with E-state index in [2.05, 4.69) is 44.0 Å². The molecule has 1 unspecified atom stereocenters. The molecule has 1 aromatic rings. The summed E-state index contributed by atoms with van der Waals surface area (Å²) in [6.45, 7) is 0. The van der Waals surface area contributed by atoms with Crippen molar-refractivity contribution in [1.82, 2.24) is 0 Å². The molecular weight excluding hydrogens is 319 g/mol. The normalized spacial score (nSPS) is 9.90. The van der Waals surface area contributed by atoms with Crippen LogP contribution in [0.5, 0.6) is 0 Å². The van der Waals surface area contributed by atoms with Crippen molar-refractivity contribution in [2.45, 2.75) is 5.21 Å². The Morgan fingerprint density at radius 1 is 1.10 bits per heavy atom. The fourth-order valence-corrected chi connectivity index (χ4v) is 2.61. The third kappa shape index (κ3) is 2.41. The number of halogens is 2. The van der Waals surface area contributed by atoms with Gasteiger partial charge in [0, 0.05) is 0 Å². The van der Waals surface area contributed by atoms with Crippen molar-refractivity contribution in [2.24, 2.45) is 0 Å². The third-order valence-electron chi connectivity index (χ3n) is 1.16. The van der Waals surface area contributed by atoms with Gasteiger partial charge in [-0.3, -0.25) is 0 Å². The van der Waals surface area contributed by atoms with E-state index in [-0.39, 0.29) is 0 Å². The van der Waals surface area contributed by atoms with Crippen LogP contribution >= 0.6 is 31.9 Å². The van der Waals surface area contributed by atoms with Gasteiger partial charge < -0.3 is 0 Å². The fourth-order valence-electron chi connectivity index (χ4n) is 0.729. The van der Waals surface area contributed by atoms with E-state index in [1.165, 1.54) is 5.56 Å². The molecule has 10 heavy (non-hydrogen) atoms. The van der Waals surface area contributed by atoms with Gasteiger partial charge in [-0.25, -0.2) is 0 Å². The van der Waals surface area contributed by atoms with Crippen LogP contribution in [0.3, 0.4) is 0 Å². The van der Waals surface area contributed by atoms with Gasteiger partial charge in [-0.05, 0) is 0 Å². The molecule has 0 saturated carbocycles. The van der Waals surface area contributed by atoms with Crippen LogP contribution in [0.4, 0.5) is 0 Å². The molecule has 1 atom stereocenters. The summed E-state index contributed by atoms with van der Waals surface area (Å²) in [6.07, 6.45) is 0. The first kappa shape index (κ1) is 8.83. The van der Waals surface area contributed by atoms with Crippen molar-refractivity contribution in [3.63, 3.8) is 0 Å². The van der Waals surface area contributed by atoms with E-state index in [0.29, 0.717) is 0 Å². The van der Waals surface area contributed by atoms with Crippen molar-refractivity contribution in [2.75, 3.05) is 0 Å². The first-order chi connectivity index (χ1) is 4.72. The van der Waals surface area contributed by atoms with Gasteiger partial charge in [0.1, 0.15) is 0 Å². The van der Waals surface area contributed by atoms with Crippen LogP contribution < -0.4 is 0 Å². The molecule has 3 heteroatoms. The van der Waals surface area contributed by atoms with Gasteiger partial charge in [0.05, 0.1) is 0 Å². The predicted molar refractivity (Wildman–Crippen MR) is 54.1 cm³/mol. The monoisotopic (exact) mass is 324 g/mol. The Hall–Kier alpha value is 0.738. The molecule has 0 radical (unpaired) electrons. The molecule has 0 aliphatic heterocycles. The van der Waals surface area contributed by atoms with Crippen molar-refractivity contribution in [1.29, 1.82) is 0 Å². The molecule has 0 amide bonds. The Balaban J connectivity index is 3.06. The Bertz CT molecular complexity index is 215. The zero-order valence-electron chi connectivity index (χ0n) is 5.27. The number of rotatable bonds is 1. The first-order valence-electron chi connectivity index (χ1n) is 2.87. The van der Waals surface area contributed by atoms with Crippen LogP contribution in [-0.2, 0) is 5.21 Å². The summed E-state index contributed by atoms with van der Waals surface area (Å²) >= 11 is 8.60. The van der Waals surface area contributed by atoms with E-state index < -0.39 is 0 Å². The summed E-state index contributed by atoms with van der Waals surface area (Å²) in [5.41, 5.74) is 1.38. The zero-order chi connectivity index (χ0) is 7.56. The molecular formula is C7H7AsBr2. The van der Waals surface area contributed by atoms with Gasteiger partial charge in [-0.1, -0.05) is 0 Å². The topological polar surface area (TPSA) is 0 Å². The first-order valence-corrected chi connectivity index (χ1v) is 6.17. The van der Waals surface area contributed by atoms with E-state index in [0.717, 1.165) is 14.2 Å². The molecule has 1 rings (SSSR count). The van der Waals surface area contributed by atoms with E-state index in [9.17, 15) is 0 Å². The van der Waals surface area contributed by atoms with E-state index >= 15 is 0 Å². The molecule has 0 heterocycles. The van der Waals surface area contributed by atoms with Gasteiger partial charge >= 0.3 is 86.6 Å². The number of hydrogen-bond acceptors (Lipinski definition) is 0. The average Bonchev–Trinajstić information content (AvgIpc) is 1.85. The quantitative estimate of drug-likeness (QED) is 0.695. The second-order valence-corrected chi connectivity index (χ2v) is 4.67. The minimum absolute atomic E-state index is 1.14. The Labute approximate surface area is 86.2 Å². The van der Waals surface area contributed by atoms with Crippen LogP contribution in [0.1, 0.15) is 5.56 Å². The molecule has 1 aromatic carbocycles. The van der Waals surface area contributed by atoms with Gasteiger partial charge in [0.2, 0.25) is 0 Å². The summed E-state index contributed by atoms with van der Waals surface area (Å²) in [5, 5.41) is 1.14. The molecule has 0 bridgehead atoms. The molecule has 0 aliphatic carbocycles. The van der Waals surface area contributed by atoms with Gasteiger partial charge in [0.15, 0.2) is 0 Å². The maximum absolute atomic E-state index is 3.43. The standard InChI is InChI=1S/C7H7AsBr2/c8-4-5-1-6(9)3-7(10)2-5/h1-3H,4,8H2. The molecule has 0 N–H and O–H groups in total. The molecule has 0 aliphatic rings. The number of benzene rings is 1. The average molecular weight is 326 g/mol. The molecule has 0 spiro atoms. The van der Waals surface area contributed by atoms with Crippen molar-refractivity contribution in [3.05, 3.63) is 32.7 Å². The third-order valence-corrected chi connectivity index (χ3v) is 3.06. The second kappa shape index (κ2) is 3.94. The van der Waals surface area contributed by atoms with Crippen molar-refractivity contribution in [3.8, 4) is 0 Å². The Morgan fingerprint density at radius 2 is 1.60 bits per heavy atom. The van der Waals surface area contributed by atoms with Gasteiger partial charge in [-0.15, -0.1) is 0 Å².